The summed E-state index contributed by atoms with van der Waals surface area (Å²) in [4.78, 5) is 12.6. The second-order valence-electron chi connectivity index (χ2n) is 6.65. The molecular weight excluding hydrogens is 452 g/mol. The summed E-state index contributed by atoms with van der Waals surface area (Å²) >= 11 is 1.23. The zero-order valence-corrected chi connectivity index (χ0v) is 19.4. The number of amides is 1. The van der Waals surface area contributed by atoms with Gasteiger partial charge in [0, 0.05) is 32.2 Å². The van der Waals surface area contributed by atoms with Gasteiger partial charge in [-0.2, -0.15) is 4.31 Å². The second kappa shape index (κ2) is 11.1. The first-order valence-electron chi connectivity index (χ1n) is 9.76. The fraction of sp³-hybridized carbons (Fsp3) is 0.286. The highest BCUT2D eigenvalue weighted by molar-refractivity contribution is 7.89. The number of aromatic nitrogens is 2. The number of nitrogens with one attached hydrogen (secondary N) is 1. The Morgan fingerprint density at radius 2 is 1.75 bits per heavy atom. The minimum atomic E-state index is -3.74. The van der Waals surface area contributed by atoms with Crippen molar-refractivity contribution in [3.05, 3.63) is 54.6 Å². The zero-order valence-electron chi connectivity index (χ0n) is 17.7. The molecule has 0 bridgehead atoms. The third-order valence-electron chi connectivity index (χ3n) is 4.52. The molecule has 2 aromatic carbocycles. The average Bonchev–Trinajstić information content (AvgIpc) is 3.28. The molecule has 1 aromatic heterocycles. The third-order valence-corrected chi connectivity index (χ3v) is 7.32. The fourth-order valence-electron chi connectivity index (χ4n) is 2.82. The Kier molecular flexibility index (Phi) is 8.28. The SMILES string of the molecule is COCCN(CCC(=O)Nc1nnc(-c2ccc(OC)cc2)s1)S(=O)(=O)c1ccccc1. The lowest BCUT2D eigenvalue weighted by Crippen LogP contribution is -2.36. The summed E-state index contributed by atoms with van der Waals surface area (Å²) in [6.07, 6.45) is -0.0345. The summed E-state index contributed by atoms with van der Waals surface area (Å²) in [6, 6.07) is 15.4. The van der Waals surface area contributed by atoms with Gasteiger partial charge < -0.3 is 14.8 Å². The normalized spacial score (nSPS) is 11.5. The van der Waals surface area contributed by atoms with Gasteiger partial charge in [-0.05, 0) is 36.4 Å². The molecule has 0 spiro atoms. The first-order valence-corrected chi connectivity index (χ1v) is 12.0. The highest BCUT2D eigenvalue weighted by atomic mass is 32.2. The van der Waals surface area contributed by atoms with Gasteiger partial charge in [0.05, 0.1) is 18.6 Å². The Morgan fingerprint density at radius 1 is 1.03 bits per heavy atom. The van der Waals surface area contributed by atoms with Crippen LogP contribution in [0.3, 0.4) is 0 Å². The van der Waals surface area contributed by atoms with Gasteiger partial charge >= 0.3 is 0 Å². The van der Waals surface area contributed by atoms with Crippen LogP contribution in [0.2, 0.25) is 0 Å². The second-order valence-corrected chi connectivity index (χ2v) is 9.56. The maximum atomic E-state index is 12.9. The van der Waals surface area contributed by atoms with E-state index in [1.807, 2.05) is 24.3 Å². The Balaban J connectivity index is 1.62. The van der Waals surface area contributed by atoms with Crippen LogP contribution in [0.25, 0.3) is 10.6 Å². The lowest BCUT2D eigenvalue weighted by Gasteiger charge is -2.21. The molecule has 0 atom stereocenters. The van der Waals surface area contributed by atoms with E-state index < -0.39 is 10.0 Å². The molecule has 9 nitrogen and oxygen atoms in total. The molecule has 3 aromatic rings. The van der Waals surface area contributed by atoms with Crippen LogP contribution in [0.4, 0.5) is 5.13 Å². The number of anilines is 1. The summed E-state index contributed by atoms with van der Waals surface area (Å²) < 4.78 is 37.3. The lowest BCUT2D eigenvalue weighted by atomic mass is 10.2. The Labute approximate surface area is 191 Å². The number of ether oxygens (including phenoxy) is 2. The molecule has 3 rings (SSSR count). The van der Waals surface area contributed by atoms with Crippen LogP contribution in [0.5, 0.6) is 5.75 Å². The van der Waals surface area contributed by atoms with Gasteiger partial charge in [-0.25, -0.2) is 8.42 Å². The molecule has 1 amide bonds. The van der Waals surface area contributed by atoms with Crippen molar-refractivity contribution in [1.82, 2.24) is 14.5 Å². The van der Waals surface area contributed by atoms with Crippen molar-refractivity contribution in [3.63, 3.8) is 0 Å². The molecule has 170 valence electrons. The van der Waals surface area contributed by atoms with Gasteiger partial charge in [0.15, 0.2) is 0 Å². The van der Waals surface area contributed by atoms with Crippen LogP contribution < -0.4 is 10.1 Å². The number of rotatable bonds is 11. The van der Waals surface area contributed by atoms with E-state index in [1.54, 1.807) is 25.3 Å². The molecule has 11 heteroatoms. The summed E-state index contributed by atoms with van der Waals surface area (Å²) in [6.45, 7) is 0.368. The number of carbonyl (C=O) groups is 1. The quantitative estimate of drug-likeness (QED) is 0.453. The van der Waals surface area contributed by atoms with Crippen LogP contribution in [0, 0.1) is 0 Å². The molecule has 0 aliphatic rings. The van der Waals surface area contributed by atoms with Crippen LogP contribution in [0.1, 0.15) is 6.42 Å². The predicted octanol–water partition coefficient (Wildman–Crippen LogP) is 2.88. The number of carbonyl (C=O) groups excluding carboxylic acids is 1. The maximum Gasteiger partial charge on any atom is 0.243 e. The predicted molar refractivity (Wildman–Crippen MR) is 122 cm³/mol. The summed E-state index contributed by atoms with van der Waals surface area (Å²) in [5.74, 6) is 0.378. The highest BCUT2D eigenvalue weighted by Gasteiger charge is 2.24. The van der Waals surface area contributed by atoms with E-state index in [9.17, 15) is 13.2 Å². The molecule has 1 N–H and O–H groups in total. The van der Waals surface area contributed by atoms with Gasteiger partial charge in [0.25, 0.3) is 0 Å². The van der Waals surface area contributed by atoms with Crippen molar-refractivity contribution in [2.75, 3.05) is 39.2 Å². The minimum Gasteiger partial charge on any atom is -0.497 e. The number of methoxy groups -OCH3 is 2. The maximum absolute atomic E-state index is 12.9. The fourth-order valence-corrected chi connectivity index (χ4v) is 5.03. The van der Waals surface area contributed by atoms with Crippen LogP contribution in [-0.4, -0.2) is 62.7 Å². The molecule has 0 aliphatic heterocycles. The topological polar surface area (TPSA) is 111 Å². The summed E-state index contributed by atoms with van der Waals surface area (Å²) in [5.41, 5.74) is 0.850. The van der Waals surface area contributed by atoms with E-state index in [1.165, 1.54) is 34.9 Å². The zero-order chi connectivity index (χ0) is 23.0. The van der Waals surface area contributed by atoms with E-state index in [-0.39, 0.29) is 36.9 Å². The molecule has 0 saturated heterocycles. The number of benzene rings is 2. The van der Waals surface area contributed by atoms with E-state index in [0.717, 1.165) is 11.3 Å². The van der Waals surface area contributed by atoms with Crippen molar-refractivity contribution < 1.29 is 22.7 Å². The Morgan fingerprint density at radius 3 is 2.41 bits per heavy atom. The molecule has 1 heterocycles. The first-order chi connectivity index (χ1) is 15.4. The monoisotopic (exact) mass is 476 g/mol. The number of hydrogen-bond acceptors (Lipinski definition) is 8. The summed E-state index contributed by atoms with van der Waals surface area (Å²) in [7, 11) is -0.654. The van der Waals surface area contributed by atoms with Crippen molar-refractivity contribution in [2.24, 2.45) is 0 Å². The van der Waals surface area contributed by atoms with Crippen LogP contribution in [-0.2, 0) is 19.6 Å². The van der Waals surface area contributed by atoms with Crippen molar-refractivity contribution in [2.45, 2.75) is 11.3 Å². The van der Waals surface area contributed by atoms with Gasteiger partial charge in [0.2, 0.25) is 21.1 Å². The Bertz CT molecular complexity index is 1120. The molecule has 0 saturated carbocycles. The molecule has 0 unspecified atom stereocenters. The van der Waals surface area contributed by atoms with E-state index in [2.05, 4.69) is 15.5 Å². The van der Waals surface area contributed by atoms with Gasteiger partial charge in [-0.3, -0.25) is 4.79 Å². The lowest BCUT2D eigenvalue weighted by molar-refractivity contribution is -0.116. The van der Waals surface area contributed by atoms with Crippen LogP contribution >= 0.6 is 11.3 Å². The number of nitrogens with zero attached hydrogens (tertiary/aromatic N) is 3. The van der Waals surface area contributed by atoms with Crippen LogP contribution in [0.15, 0.2) is 59.5 Å². The highest BCUT2D eigenvalue weighted by Crippen LogP contribution is 2.27. The molecule has 32 heavy (non-hydrogen) atoms. The molecule has 0 fully saturated rings. The van der Waals surface area contributed by atoms with Gasteiger partial charge in [-0.15, -0.1) is 10.2 Å². The first kappa shape index (κ1) is 23.8. The molecule has 0 radical (unpaired) electrons. The van der Waals surface area contributed by atoms with Crippen molar-refractivity contribution >= 4 is 32.4 Å². The third kappa shape index (κ3) is 6.10. The largest absolute Gasteiger partial charge is 0.497 e. The van der Waals surface area contributed by atoms with Crippen molar-refractivity contribution in [1.29, 1.82) is 0 Å². The molecular formula is C21H24N4O5S2. The standard InChI is InChI=1S/C21H24N4O5S2/c1-29-15-14-25(32(27,28)18-6-4-3-5-7-18)13-12-19(26)22-21-24-23-20(31-21)16-8-10-17(30-2)11-9-16/h3-11H,12-15H2,1-2H3,(H,22,24,26). The van der Waals surface area contributed by atoms with E-state index in [0.29, 0.717) is 10.1 Å². The number of sulfonamides is 1. The van der Waals surface area contributed by atoms with E-state index in [4.69, 9.17) is 9.47 Å². The average molecular weight is 477 g/mol. The Hall–Kier alpha value is -2.86. The van der Waals surface area contributed by atoms with Gasteiger partial charge in [-0.1, -0.05) is 29.5 Å². The van der Waals surface area contributed by atoms with Gasteiger partial charge in [0.1, 0.15) is 10.8 Å². The summed E-state index contributed by atoms with van der Waals surface area (Å²) in [5, 5.41) is 11.8. The smallest absolute Gasteiger partial charge is 0.243 e. The number of hydrogen-bond donors (Lipinski definition) is 1. The van der Waals surface area contributed by atoms with E-state index >= 15 is 0 Å². The molecule has 0 aliphatic carbocycles. The minimum absolute atomic E-state index is 0.0105. The van der Waals surface area contributed by atoms with Crippen molar-refractivity contribution in [3.8, 4) is 16.3 Å².